The second kappa shape index (κ2) is 5.99. The molecule has 0 bridgehead atoms. The quantitative estimate of drug-likeness (QED) is 0.837. The molecule has 0 unspecified atom stereocenters. The van der Waals surface area contributed by atoms with E-state index in [4.69, 9.17) is 23.2 Å². The molecule has 3 amide bonds. The molecular formula is C17H22Cl2N2O2. The van der Waals surface area contributed by atoms with Crippen molar-refractivity contribution in [2.75, 3.05) is 0 Å². The van der Waals surface area contributed by atoms with Gasteiger partial charge in [-0.1, -0.05) is 50.9 Å². The normalized spacial score (nSPS) is 19.8. The molecular weight excluding hydrogens is 335 g/mol. The summed E-state index contributed by atoms with van der Waals surface area (Å²) in [6.07, 6.45) is 0. The molecule has 0 saturated heterocycles. The van der Waals surface area contributed by atoms with Crippen LogP contribution in [0, 0.1) is 16.7 Å². The number of imide groups is 1. The van der Waals surface area contributed by atoms with Gasteiger partial charge in [-0.05, 0) is 41.9 Å². The Kier molecular flexibility index (Phi) is 4.71. The lowest BCUT2D eigenvalue weighted by atomic mass is 10.0. The number of halogens is 2. The molecule has 0 heterocycles. The van der Waals surface area contributed by atoms with Crippen LogP contribution in [0.2, 0.25) is 10.0 Å². The van der Waals surface area contributed by atoms with Crippen molar-refractivity contribution in [1.82, 2.24) is 10.6 Å². The third-order valence-electron chi connectivity index (χ3n) is 5.39. The molecule has 1 aromatic carbocycles. The Labute approximate surface area is 146 Å². The SMILES string of the molecule is C[C@H](NC(=O)NC(=O)c1ccc(Cl)cc1Cl)C1C(C)(C)C1(C)C. The van der Waals surface area contributed by atoms with Crippen molar-refractivity contribution in [2.24, 2.45) is 16.7 Å². The van der Waals surface area contributed by atoms with Gasteiger partial charge >= 0.3 is 6.03 Å². The molecule has 1 aliphatic carbocycles. The van der Waals surface area contributed by atoms with E-state index in [-0.39, 0.29) is 27.5 Å². The van der Waals surface area contributed by atoms with Gasteiger partial charge in [0.2, 0.25) is 0 Å². The maximum Gasteiger partial charge on any atom is 0.321 e. The average Bonchev–Trinajstić information content (AvgIpc) is 2.78. The molecule has 6 heteroatoms. The Balaban J connectivity index is 1.96. The van der Waals surface area contributed by atoms with Crippen molar-refractivity contribution in [3.05, 3.63) is 33.8 Å². The predicted octanol–water partition coefficient (Wildman–Crippen LogP) is 4.50. The van der Waals surface area contributed by atoms with E-state index in [0.29, 0.717) is 10.9 Å². The highest BCUT2D eigenvalue weighted by Gasteiger charge is 2.66. The van der Waals surface area contributed by atoms with Crippen molar-refractivity contribution in [3.63, 3.8) is 0 Å². The lowest BCUT2D eigenvalue weighted by Gasteiger charge is -2.16. The summed E-state index contributed by atoms with van der Waals surface area (Å²) in [5, 5.41) is 5.79. The van der Waals surface area contributed by atoms with Gasteiger partial charge in [-0.3, -0.25) is 10.1 Å². The Morgan fingerprint density at radius 1 is 1.13 bits per heavy atom. The maximum atomic E-state index is 12.1. The van der Waals surface area contributed by atoms with Crippen LogP contribution in [-0.4, -0.2) is 18.0 Å². The second-order valence-electron chi connectivity index (χ2n) is 7.26. The summed E-state index contributed by atoms with van der Waals surface area (Å²) in [5.41, 5.74) is 0.526. The Hall–Kier alpha value is -1.26. The molecule has 126 valence electrons. The molecule has 1 fully saturated rings. The van der Waals surface area contributed by atoms with Crippen molar-refractivity contribution in [1.29, 1.82) is 0 Å². The molecule has 4 nitrogen and oxygen atoms in total. The van der Waals surface area contributed by atoms with Crippen molar-refractivity contribution in [2.45, 2.75) is 40.7 Å². The summed E-state index contributed by atoms with van der Waals surface area (Å²) in [6.45, 7) is 10.7. The van der Waals surface area contributed by atoms with Gasteiger partial charge in [-0.15, -0.1) is 0 Å². The molecule has 1 aromatic rings. The van der Waals surface area contributed by atoms with Gasteiger partial charge in [-0.25, -0.2) is 4.79 Å². The van der Waals surface area contributed by atoms with Crippen LogP contribution in [0.5, 0.6) is 0 Å². The zero-order chi connectivity index (χ0) is 17.6. The number of carbonyl (C=O) groups is 2. The zero-order valence-corrected chi connectivity index (χ0v) is 15.5. The second-order valence-corrected chi connectivity index (χ2v) is 8.11. The predicted molar refractivity (Wildman–Crippen MR) is 93.0 cm³/mol. The standard InChI is InChI=1S/C17H22Cl2N2O2/c1-9(13-16(2,3)17(13,4)5)20-15(23)21-14(22)11-7-6-10(18)8-12(11)19/h6-9,13H,1-5H3,(H2,20,21,22,23)/t9-/m0/s1. The molecule has 2 rings (SSSR count). The van der Waals surface area contributed by atoms with Crippen molar-refractivity contribution >= 4 is 35.1 Å². The van der Waals surface area contributed by atoms with E-state index in [9.17, 15) is 9.59 Å². The van der Waals surface area contributed by atoms with E-state index in [1.54, 1.807) is 6.07 Å². The highest BCUT2D eigenvalue weighted by Crippen LogP contribution is 2.69. The van der Waals surface area contributed by atoms with Gasteiger partial charge < -0.3 is 5.32 Å². The number of rotatable bonds is 3. The minimum atomic E-state index is -0.550. The average molecular weight is 357 g/mol. The van der Waals surface area contributed by atoms with Gasteiger partial charge in [0.05, 0.1) is 10.6 Å². The Bertz CT molecular complexity index is 642. The first-order valence-electron chi connectivity index (χ1n) is 7.55. The number of nitrogens with one attached hydrogen (secondary N) is 2. The van der Waals surface area contributed by atoms with Crippen LogP contribution in [0.3, 0.4) is 0 Å². The van der Waals surface area contributed by atoms with Crippen LogP contribution in [0.1, 0.15) is 45.0 Å². The molecule has 0 spiro atoms. The van der Waals surface area contributed by atoms with Gasteiger partial charge in [0.25, 0.3) is 5.91 Å². The summed E-state index contributed by atoms with van der Waals surface area (Å²) < 4.78 is 0. The van der Waals surface area contributed by atoms with Crippen LogP contribution < -0.4 is 10.6 Å². The first kappa shape index (κ1) is 18.1. The lowest BCUT2D eigenvalue weighted by Crippen LogP contribution is -2.45. The van der Waals surface area contributed by atoms with Crippen LogP contribution in [0.4, 0.5) is 4.79 Å². The summed E-state index contributed by atoms with van der Waals surface area (Å²) >= 11 is 11.8. The van der Waals surface area contributed by atoms with E-state index < -0.39 is 11.9 Å². The monoisotopic (exact) mass is 356 g/mol. The summed E-state index contributed by atoms with van der Waals surface area (Å²) in [5.74, 6) is -0.194. The lowest BCUT2D eigenvalue weighted by molar-refractivity contribution is 0.0963. The number of benzene rings is 1. The van der Waals surface area contributed by atoms with Gasteiger partial charge in [0.1, 0.15) is 0 Å². The molecule has 2 N–H and O–H groups in total. The van der Waals surface area contributed by atoms with Crippen LogP contribution in [0.15, 0.2) is 18.2 Å². The zero-order valence-electron chi connectivity index (χ0n) is 14.0. The molecule has 0 aliphatic heterocycles. The Morgan fingerprint density at radius 2 is 1.70 bits per heavy atom. The summed E-state index contributed by atoms with van der Waals surface area (Å²) in [6, 6.07) is 3.95. The highest BCUT2D eigenvalue weighted by atomic mass is 35.5. The summed E-state index contributed by atoms with van der Waals surface area (Å²) in [7, 11) is 0. The Morgan fingerprint density at radius 3 is 2.17 bits per heavy atom. The van der Waals surface area contributed by atoms with Gasteiger partial charge in [0, 0.05) is 11.1 Å². The highest BCUT2D eigenvalue weighted by molar-refractivity contribution is 6.37. The van der Waals surface area contributed by atoms with E-state index in [1.807, 2.05) is 6.92 Å². The maximum absolute atomic E-state index is 12.1. The minimum Gasteiger partial charge on any atom is -0.335 e. The van der Waals surface area contributed by atoms with E-state index in [2.05, 4.69) is 38.3 Å². The molecule has 1 saturated carbocycles. The van der Waals surface area contributed by atoms with Crippen molar-refractivity contribution < 1.29 is 9.59 Å². The fourth-order valence-electron chi connectivity index (χ4n) is 3.67. The van der Waals surface area contributed by atoms with Crippen LogP contribution in [-0.2, 0) is 0 Å². The smallest absolute Gasteiger partial charge is 0.321 e. The number of hydrogen-bond donors (Lipinski definition) is 2. The van der Waals surface area contributed by atoms with E-state index in [1.165, 1.54) is 12.1 Å². The van der Waals surface area contributed by atoms with E-state index in [0.717, 1.165) is 0 Å². The van der Waals surface area contributed by atoms with E-state index >= 15 is 0 Å². The first-order valence-corrected chi connectivity index (χ1v) is 8.31. The summed E-state index contributed by atoms with van der Waals surface area (Å²) in [4.78, 5) is 24.2. The fourth-order valence-corrected chi connectivity index (χ4v) is 4.16. The number of hydrogen-bond acceptors (Lipinski definition) is 2. The minimum absolute atomic E-state index is 0.0338. The molecule has 0 radical (unpaired) electrons. The third-order valence-corrected chi connectivity index (χ3v) is 5.94. The molecule has 0 aromatic heterocycles. The van der Waals surface area contributed by atoms with Crippen LogP contribution in [0.25, 0.3) is 0 Å². The topological polar surface area (TPSA) is 58.2 Å². The fraction of sp³-hybridized carbons (Fsp3) is 0.529. The number of carbonyl (C=O) groups excluding carboxylic acids is 2. The first-order chi connectivity index (χ1) is 10.5. The molecule has 1 aliphatic rings. The van der Waals surface area contributed by atoms with Gasteiger partial charge in [0.15, 0.2) is 0 Å². The largest absolute Gasteiger partial charge is 0.335 e. The van der Waals surface area contributed by atoms with Crippen LogP contribution >= 0.6 is 23.2 Å². The molecule has 23 heavy (non-hydrogen) atoms. The van der Waals surface area contributed by atoms with Crippen molar-refractivity contribution in [3.8, 4) is 0 Å². The number of urea groups is 1. The number of amides is 3. The molecule has 1 atom stereocenters. The van der Waals surface area contributed by atoms with Gasteiger partial charge in [-0.2, -0.15) is 0 Å². The third kappa shape index (κ3) is 3.33.